The van der Waals surface area contributed by atoms with Gasteiger partial charge in [0.05, 0.1) is 11.2 Å². The van der Waals surface area contributed by atoms with Crippen molar-refractivity contribution in [2.24, 2.45) is 7.05 Å². The summed E-state index contributed by atoms with van der Waals surface area (Å²) in [5.74, 6) is 0. The summed E-state index contributed by atoms with van der Waals surface area (Å²) in [6, 6.07) is 41.1. The highest BCUT2D eigenvalue weighted by atomic mass is 15.1. The second-order valence-electron chi connectivity index (χ2n) is 7.95. The van der Waals surface area contributed by atoms with E-state index in [1.165, 1.54) is 38.3 Å². The van der Waals surface area contributed by atoms with Crippen LogP contribution in [-0.2, 0) is 7.05 Å². The molecule has 0 aliphatic carbocycles. The first-order valence-corrected chi connectivity index (χ1v) is 10.6. The van der Waals surface area contributed by atoms with E-state index in [1.54, 1.807) is 0 Å². The number of para-hydroxylation sites is 2. The van der Waals surface area contributed by atoms with Crippen molar-refractivity contribution in [1.82, 2.24) is 4.57 Å². The van der Waals surface area contributed by atoms with Crippen LogP contribution in [0.25, 0.3) is 32.6 Å². The van der Waals surface area contributed by atoms with Gasteiger partial charge in [-0.25, -0.2) is 0 Å². The van der Waals surface area contributed by atoms with E-state index in [4.69, 9.17) is 0 Å². The van der Waals surface area contributed by atoms with E-state index in [0.29, 0.717) is 0 Å². The number of hydrogen-bond acceptors (Lipinski definition) is 1. The van der Waals surface area contributed by atoms with Gasteiger partial charge in [-0.2, -0.15) is 0 Å². The van der Waals surface area contributed by atoms with Crippen LogP contribution in [-0.4, -0.2) is 4.57 Å². The van der Waals surface area contributed by atoms with Gasteiger partial charge in [0.25, 0.3) is 0 Å². The van der Waals surface area contributed by atoms with Crippen molar-refractivity contribution in [3.8, 4) is 0 Å². The number of rotatable bonds is 3. The van der Waals surface area contributed by atoms with Crippen molar-refractivity contribution in [2.75, 3.05) is 4.90 Å². The lowest BCUT2D eigenvalue weighted by Crippen LogP contribution is -2.10. The fourth-order valence-electron chi connectivity index (χ4n) is 4.69. The summed E-state index contributed by atoms with van der Waals surface area (Å²) < 4.78 is 2.31. The molecule has 0 aliphatic heterocycles. The summed E-state index contributed by atoms with van der Waals surface area (Å²) in [4.78, 5) is 2.36. The molecule has 1 heterocycles. The van der Waals surface area contributed by atoms with E-state index in [2.05, 4.69) is 132 Å². The lowest BCUT2D eigenvalue weighted by Gasteiger charge is -2.26. The van der Waals surface area contributed by atoms with Crippen molar-refractivity contribution < 1.29 is 0 Å². The molecule has 31 heavy (non-hydrogen) atoms. The first-order valence-electron chi connectivity index (χ1n) is 10.6. The number of benzene rings is 5. The van der Waals surface area contributed by atoms with Crippen LogP contribution in [0.15, 0.2) is 115 Å². The van der Waals surface area contributed by atoms with Gasteiger partial charge in [0.1, 0.15) is 0 Å². The van der Waals surface area contributed by atoms with Gasteiger partial charge < -0.3 is 9.47 Å². The number of hydrogen-bond donors (Lipinski definition) is 0. The van der Waals surface area contributed by atoms with Crippen molar-refractivity contribution in [2.45, 2.75) is 0 Å². The van der Waals surface area contributed by atoms with Gasteiger partial charge in [-0.05, 0) is 59.3 Å². The van der Waals surface area contributed by atoms with Gasteiger partial charge in [-0.3, -0.25) is 0 Å². The number of nitrogens with zero attached hydrogens (tertiary/aromatic N) is 2. The van der Waals surface area contributed by atoms with Gasteiger partial charge in [0, 0.05) is 34.7 Å². The Morgan fingerprint density at radius 2 is 1.13 bits per heavy atom. The molecule has 2 nitrogen and oxygen atoms in total. The molecule has 0 amide bonds. The van der Waals surface area contributed by atoms with E-state index < -0.39 is 0 Å². The number of aromatic nitrogens is 1. The van der Waals surface area contributed by atoms with Crippen LogP contribution in [0.4, 0.5) is 17.1 Å². The molecule has 0 bridgehead atoms. The highest BCUT2D eigenvalue weighted by Gasteiger charge is 2.19. The van der Waals surface area contributed by atoms with Crippen LogP contribution in [0, 0.1) is 0 Å². The summed E-state index contributed by atoms with van der Waals surface area (Å²) >= 11 is 0. The van der Waals surface area contributed by atoms with Crippen molar-refractivity contribution in [1.29, 1.82) is 0 Å². The predicted octanol–water partition coefficient (Wildman–Crippen LogP) is 7.95. The number of anilines is 3. The Morgan fingerprint density at radius 3 is 1.77 bits per heavy atom. The lowest BCUT2D eigenvalue weighted by atomic mass is 10.0. The third-order valence-electron chi connectivity index (χ3n) is 6.15. The third-order valence-corrected chi connectivity index (χ3v) is 6.15. The third kappa shape index (κ3) is 2.80. The van der Waals surface area contributed by atoms with Crippen molar-refractivity contribution in [3.63, 3.8) is 0 Å². The second-order valence-corrected chi connectivity index (χ2v) is 7.95. The SMILES string of the molecule is Cn1c2cc3ccccc3cc2c2c(N(c3ccccc3)c3ccccc3)cccc21. The maximum Gasteiger partial charge on any atom is 0.0561 e. The Morgan fingerprint density at radius 1 is 0.548 bits per heavy atom. The van der Waals surface area contributed by atoms with Gasteiger partial charge in [-0.1, -0.05) is 66.7 Å². The maximum absolute atomic E-state index is 2.36. The summed E-state index contributed by atoms with van der Waals surface area (Å²) in [6.45, 7) is 0. The highest BCUT2D eigenvalue weighted by molar-refractivity contribution is 6.18. The van der Waals surface area contributed by atoms with Crippen LogP contribution in [0.3, 0.4) is 0 Å². The minimum Gasteiger partial charge on any atom is -0.344 e. The van der Waals surface area contributed by atoms with E-state index in [1.807, 2.05) is 0 Å². The molecule has 0 atom stereocenters. The van der Waals surface area contributed by atoms with Crippen molar-refractivity contribution in [3.05, 3.63) is 115 Å². The minimum absolute atomic E-state index is 1.15. The first-order chi connectivity index (χ1) is 15.3. The monoisotopic (exact) mass is 398 g/mol. The molecular formula is C29H22N2. The summed E-state index contributed by atoms with van der Waals surface area (Å²) in [5, 5.41) is 5.09. The van der Waals surface area contributed by atoms with Gasteiger partial charge in [-0.15, -0.1) is 0 Å². The Bertz CT molecular complexity index is 1490. The van der Waals surface area contributed by atoms with Crippen LogP contribution in [0.5, 0.6) is 0 Å². The van der Waals surface area contributed by atoms with Gasteiger partial charge in [0.15, 0.2) is 0 Å². The molecule has 148 valence electrons. The fraction of sp³-hybridized carbons (Fsp3) is 0.0345. The molecule has 5 aromatic carbocycles. The molecule has 1 aromatic heterocycles. The molecule has 6 aromatic rings. The molecule has 0 radical (unpaired) electrons. The molecule has 6 rings (SSSR count). The van der Waals surface area contributed by atoms with Crippen LogP contribution in [0.2, 0.25) is 0 Å². The zero-order valence-electron chi connectivity index (χ0n) is 17.4. The Balaban J connectivity index is 1.73. The Kier molecular flexibility index (Phi) is 4.03. The fourth-order valence-corrected chi connectivity index (χ4v) is 4.69. The smallest absolute Gasteiger partial charge is 0.0561 e. The molecule has 0 saturated carbocycles. The average molecular weight is 399 g/mol. The largest absolute Gasteiger partial charge is 0.344 e. The summed E-state index contributed by atoms with van der Waals surface area (Å²) in [5.41, 5.74) is 5.98. The number of fused-ring (bicyclic) bond motifs is 4. The van der Waals surface area contributed by atoms with E-state index in [-0.39, 0.29) is 0 Å². The normalized spacial score (nSPS) is 11.4. The molecule has 0 fully saturated rings. The Labute approximate surface area is 181 Å². The topological polar surface area (TPSA) is 8.17 Å². The van der Waals surface area contributed by atoms with E-state index >= 15 is 0 Å². The molecule has 0 N–H and O–H groups in total. The average Bonchev–Trinajstić information content (AvgIpc) is 3.11. The highest BCUT2D eigenvalue weighted by Crippen LogP contribution is 2.43. The molecule has 2 heteroatoms. The van der Waals surface area contributed by atoms with Crippen LogP contribution < -0.4 is 4.90 Å². The van der Waals surface area contributed by atoms with E-state index in [9.17, 15) is 0 Å². The quantitative estimate of drug-likeness (QED) is 0.293. The molecule has 0 unspecified atom stereocenters. The van der Waals surface area contributed by atoms with Gasteiger partial charge in [0.2, 0.25) is 0 Å². The standard InChI is InChI=1S/C29H22N2/c1-30-26-17-10-18-27(29(26)25-19-21-11-8-9-12-22(21)20-28(25)30)31(23-13-4-2-5-14-23)24-15-6-3-7-16-24/h2-20H,1H3. The predicted molar refractivity (Wildman–Crippen MR) is 133 cm³/mol. The minimum atomic E-state index is 1.15. The zero-order valence-corrected chi connectivity index (χ0v) is 17.4. The summed E-state index contributed by atoms with van der Waals surface area (Å²) in [6.07, 6.45) is 0. The number of aryl methyl sites for hydroxylation is 1. The van der Waals surface area contributed by atoms with Crippen LogP contribution >= 0.6 is 0 Å². The zero-order chi connectivity index (χ0) is 20.8. The van der Waals surface area contributed by atoms with Crippen molar-refractivity contribution >= 4 is 49.6 Å². The first kappa shape index (κ1) is 17.8. The Hall–Kier alpha value is -4.04. The van der Waals surface area contributed by atoms with Crippen LogP contribution in [0.1, 0.15) is 0 Å². The molecular weight excluding hydrogens is 376 g/mol. The van der Waals surface area contributed by atoms with Gasteiger partial charge >= 0.3 is 0 Å². The molecule has 0 spiro atoms. The van der Waals surface area contributed by atoms with E-state index in [0.717, 1.165) is 11.4 Å². The molecule has 0 saturated heterocycles. The second kappa shape index (κ2) is 7.03. The maximum atomic E-state index is 2.36. The lowest BCUT2D eigenvalue weighted by molar-refractivity contribution is 1.01. The summed E-state index contributed by atoms with van der Waals surface area (Å²) in [7, 11) is 2.17. The molecule has 0 aliphatic rings.